The Morgan fingerprint density at radius 2 is 1.52 bits per heavy atom. The van der Waals surface area contributed by atoms with Gasteiger partial charge in [-0.05, 0) is 13.8 Å². The van der Waals surface area contributed by atoms with Crippen LogP contribution in [-0.4, -0.2) is 30.4 Å². The summed E-state index contributed by atoms with van der Waals surface area (Å²) in [7, 11) is 0. The minimum atomic E-state index is -2.38. The molecule has 1 N–H and O–H groups in total. The average molecular weight is 423 g/mol. The molecule has 1 amide bonds. The van der Waals surface area contributed by atoms with E-state index >= 15 is 0 Å². The van der Waals surface area contributed by atoms with Crippen molar-refractivity contribution in [2.24, 2.45) is 5.41 Å². The number of esters is 1. The first-order valence-electron chi connectivity index (χ1n) is 8.29. The van der Waals surface area contributed by atoms with Gasteiger partial charge in [-0.3, -0.25) is 4.79 Å². The molecule has 1 aliphatic heterocycles. The number of amides is 1. The van der Waals surface area contributed by atoms with E-state index in [1.807, 2.05) is 0 Å². The summed E-state index contributed by atoms with van der Waals surface area (Å²) in [5, 5.41) is 2.23. The van der Waals surface area contributed by atoms with Crippen molar-refractivity contribution >= 4 is 11.9 Å². The topological polar surface area (TPSA) is 73.9 Å². The Kier molecular flexibility index (Phi) is 6.33. The summed E-state index contributed by atoms with van der Waals surface area (Å²) in [6.45, 7) is 6.87. The molecule has 1 fully saturated rings. The van der Waals surface area contributed by atoms with E-state index in [4.69, 9.17) is 9.47 Å². The highest BCUT2D eigenvalue weighted by Crippen LogP contribution is 2.35. The number of ether oxygens (including phenoxy) is 3. The van der Waals surface area contributed by atoms with Crippen LogP contribution in [0.4, 0.5) is 22.0 Å². The Morgan fingerprint density at radius 1 is 1.00 bits per heavy atom. The molecule has 29 heavy (non-hydrogen) atoms. The SMILES string of the molecule is CC1(C)OCC(C)(C)[C@H](C(=O)N/C=C/C(=O)Oc2c(F)c(F)c(F)c(F)c2F)O1. The molecule has 0 radical (unpaired) electrons. The van der Waals surface area contributed by atoms with Gasteiger partial charge in [0.2, 0.25) is 34.8 Å². The maximum atomic E-state index is 13.5. The second kappa shape index (κ2) is 8.07. The Morgan fingerprint density at radius 3 is 2.07 bits per heavy atom. The van der Waals surface area contributed by atoms with Gasteiger partial charge < -0.3 is 19.5 Å². The second-order valence-corrected chi connectivity index (χ2v) is 7.34. The third-order valence-corrected chi connectivity index (χ3v) is 3.96. The number of carbonyl (C=O) groups is 2. The maximum absolute atomic E-state index is 13.5. The fourth-order valence-electron chi connectivity index (χ4n) is 2.40. The van der Waals surface area contributed by atoms with E-state index < -0.39 is 64.0 Å². The number of carbonyl (C=O) groups excluding carboxylic acids is 2. The van der Waals surface area contributed by atoms with Crippen LogP contribution in [0.15, 0.2) is 12.3 Å². The molecule has 160 valence electrons. The fraction of sp³-hybridized carbons (Fsp3) is 0.444. The molecule has 1 saturated heterocycles. The van der Waals surface area contributed by atoms with Crippen molar-refractivity contribution in [1.29, 1.82) is 0 Å². The lowest BCUT2D eigenvalue weighted by molar-refractivity contribution is -0.303. The number of hydrogen-bond acceptors (Lipinski definition) is 5. The van der Waals surface area contributed by atoms with Crippen molar-refractivity contribution in [2.45, 2.75) is 39.6 Å². The zero-order chi connectivity index (χ0) is 22.1. The number of benzene rings is 1. The minimum Gasteiger partial charge on any atom is -0.417 e. The Labute approximate surface area is 162 Å². The van der Waals surface area contributed by atoms with Crippen LogP contribution in [0.1, 0.15) is 27.7 Å². The minimum absolute atomic E-state index is 0.212. The van der Waals surface area contributed by atoms with Crippen molar-refractivity contribution in [3.05, 3.63) is 41.4 Å². The van der Waals surface area contributed by atoms with Gasteiger partial charge in [-0.25, -0.2) is 18.0 Å². The highest BCUT2D eigenvalue weighted by atomic mass is 19.2. The van der Waals surface area contributed by atoms with Crippen LogP contribution in [0.25, 0.3) is 0 Å². The number of nitrogens with one attached hydrogen (secondary N) is 1. The summed E-state index contributed by atoms with van der Waals surface area (Å²) in [6, 6.07) is 0. The summed E-state index contributed by atoms with van der Waals surface area (Å²) in [5.41, 5.74) is -0.705. The fourth-order valence-corrected chi connectivity index (χ4v) is 2.40. The van der Waals surface area contributed by atoms with E-state index in [9.17, 15) is 31.5 Å². The van der Waals surface area contributed by atoms with Gasteiger partial charge in [-0.2, -0.15) is 8.78 Å². The quantitative estimate of drug-likeness (QED) is 0.201. The van der Waals surface area contributed by atoms with Crippen LogP contribution in [0.3, 0.4) is 0 Å². The molecular formula is C18H18F5NO5. The van der Waals surface area contributed by atoms with Crippen molar-refractivity contribution in [3.63, 3.8) is 0 Å². The third kappa shape index (κ3) is 4.91. The summed E-state index contributed by atoms with van der Waals surface area (Å²) >= 11 is 0. The largest absolute Gasteiger partial charge is 0.417 e. The molecule has 0 spiro atoms. The summed E-state index contributed by atoms with van der Waals surface area (Å²) in [4.78, 5) is 23.9. The average Bonchev–Trinajstić information content (AvgIpc) is 2.64. The number of hydrogen-bond donors (Lipinski definition) is 1. The first-order chi connectivity index (χ1) is 13.3. The van der Waals surface area contributed by atoms with E-state index in [0.717, 1.165) is 6.20 Å². The van der Waals surface area contributed by atoms with Crippen molar-refractivity contribution < 1.29 is 45.8 Å². The molecule has 11 heteroatoms. The smallest absolute Gasteiger partial charge is 0.337 e. The van der Waals surface area contributed by atoms with Crippen LogP contribution in [0, 0.1) is 34.5 Å². The highest BCUT2D eigenvalue weighted by molar-refractivity contribution is 5.86. The molecule has 1 aromatic rings. The lowest BCUT2D eigenvalue weighted by Crippen LogP contribution is -2.55. The molecule has 0 saturated carbocycles. The predicted octanol–water partition coefficient (Wildman–Crippen LogP) is 3.10. The zero-order valence-electron chi connectivity index (χ0n) is 15.9. The zero-order valence-corrected chi connectivity index (χ0v) is 15.9. The van der Waals surface area contributed by atoms with Gasteiger partial charge in [0.15, 0.2) is 5.79 Å². The molecule has 0 bridgehead atoms. The molecule has 1 heterocycles. The first kappa shape index (κ1) is 22.8. The van der Waals surface area contributed by atoms with Crippen LogP contribution >= 0.6 is 0 Å². The van der Waals surface area contributed by atoms with Crippen molar-refractivity contribution in [3.8, 4) is 5.75 Å². The molecule has 0 unspecified atom stereocenters. The van der Waals surface area contributed by atoms with Crippen LogP contribution in [0.2, 0.25) is 0 Å². The molecular weight excluding hydrogens is 405 g/mol. The van der Waals surface area contributed by atoms with Crippen LogP contribution in [-0.2, 0) is 19.1 Å². The molecule has 1 aliphatic rings. The summed E-state index contributed by atoms with van der Waals surface area (Å²) in [5.74, 6) is -16.4. The predicted molar refractivity (Wildman–Crippen MR) is 87.8 cm³/mol. The second-order valence-electron chi connectivity index (χ2n) is 7.34. The normalized spacial score (nSPS) is 20.5. The molecule has 1 atom stereocenters. The molecule has 1 aromatic carbocycles. The van der Waals surface area contributed by atoms with Gasteiger partial charge >= 0.3 is 5.97 Å². The lowest BCUT2D eigenvalue weighted by atomic mass is 9.85. The molecule has 6 nitrogen and oxygen atoms in total. The lowest BCUT2D eigenvalue weighted by Gasteiger charge is -2.44. The van der Waals surface area contributed by atoms with Gasteiger partial charge in [-0.15, -0.1) is 0 Å². The Balaban J connectivity index is 2.06. The first-order valence-corrected chi connectivity index (χ1v) is 8.29. The summed E-state index contributed by atoms with van der Waals surface area (Å²) in [6.07, 6.45) is 0.369. The van der Waals surface area contributed by atoms with Crippen LogP contribution in [0.5, 0.6) is 5.75 Å². The van der Waals surface area contributed by atoms with Gasteiger partial charge in [0.05, 0.1) is 6.61 Å². The van der Waals surface area contributed by atoms with Gasteiger partial charge in [0.1, 0.15) is 6.10 Å². The number of rotatable bonds is 4. The molecule has 0 aromatic heterocycles. The molecule has 0 aliphatic carbocycles. The van der Waals surface area contributed by atoms with Gasteiger partial charge in [0.25, 0.3) is 5.91 Å². The van der Waals surface area contributed by atoms with Crippen molar-refractivity contribution in [2.75, 3.05) is 6.61 Å². The highest BCUT2D eigenvalue weighted by Gasteiger charge is 2.45. The van der Waals surface area contributed by atoms with E-state index in [0.29, 0.717) is 6.08 Å². The Bertz CT molecular complexity index is 840. The monoisotopic (exact) mass is 423 g/mol. The van der Waals surface area contributed by atoms with E-state index in [-0.39, 0.29) is 6.61 Å². The maximum Gasteiger partial charge on any atom is 0.337 e. The van der Waals surface area contributed by atoms with E-state index in [1.54, 1.807) is 27.7 Å². The van der Waals surface area contributed by atoms with Crippen LogP contribution < -0.4 is 10.1 Å². The standard InChI is InChI=1S/C18H18F5NO5/c1-17(2)7-27-18(3,4)29-15(17)16(26)24-6-5-8(25)28-14-12(22)10(20)9(19)11(21)13(14)23/h5-6,15H,7H2,1-4H3,(H,24,26)/b6-5+/t15-/m0/s1. The van der Waals surface area contributed by atoms with Gasteiger partial charge in [0, 0.05) is 17.7 Å². The summed E-state index contributed by atoms with van der Waals surface area (Å²) < 4.78 is 81.4. The van der Waals surface area contributed by atoms with E-state index in [2.05, 4.69) is 10.1 Å². The number of halogens is 5. The van der Waals surface area contributed by atoms with E-state index in [1.165, 1.54) is 0 Å². The van der Waals surface area contributed by atoms with Crippen molar-refractivity contribution in [1.82, 2.24) is 5.32 Å². The van der Waals surface area contributed by atoms with Gasteiger partial charge in [-0.1, -0.05) is 13.8 Å². The third-order valence-electron chi connectivity index (χ3n) is 3.96. The molecule has 2 rings (SSSR count). The Hall–Kier alpha value is -2.53.